The van der Waals surface area contributed by atoms with Crippen molar-refractivity contribution in [2.75, 3.05) is 6.54 Å². The predicted molar refractivity (Wildman–Crippen MR) is 54.5 cm³/mol. The molecule has 0 amide bonds. The second kappa shape index (κ2) is 4.27. The summed E-state index contributed by atoms with van der Waals surface area (Å²) in [4.78, 5) is 10.8. The molecular weight excluding hydrogens is 251 g/mol. The van der Waals surface area contributed by atoms with Crippen LogP contribution in [0.15, 0.2) is 0 Å². The molecule has 1 aliphatic rings. The van der Waals surface area contributed by atoms with E-state index < -0.39 is 18.4 Å². The van der Waals surface area contributed by atoms with Gasteiger partial charge in [-0.05, 0) is 6.92 Å². The number of esters is 1. The van der Waals surface area contributed by atoms with Gasteiger partial charge in [-0.25, -0.2) is 4.79 Å². The molecule has 5 nitrogen and oxygen atoms in total. The number of nitrogens with zero attached hydrogens (tertiary/aromatic N) is 2. The molecule has 0 bridgehead atoms. The SMILES string of the molecule is Cc1nn(C)c2c1C(OC(=O)C(F)(F)F)NCC2. The number of halogens is 3. The third-order valence-electron chi connectivity index (χ3n) is 2.80. The van der Waals surface area contributed by atoms with Gasteiger partial charge in [0.2, 0.25) is 0 Å². The van der Waals surface area contributed by atoms with Gasteiger partial charge in [0.05, 0.1) is 11.3 Å². The number of ether oxygens (including phenoxy) is 1. The van der Waals surface area contributed by atoms with Crippen molar-refractivity contribution >= 4 is 5.97 Å². The van der Waals surface area contributed by atoms with Crippen LogP contribution >= 0.6 is 0 Å². The Morgan fingerprint density at radius 3 is 2.83 bits per heavy atom. The van der Waals surface area contributed by atoms with Crippen LogP contribution in [-0.2, 0) is 23.0 Å². The number of fused-ring (bicyclic) bond motifs is 1. The Bertz CT molecular complexity index is 481. The third kappa shape index (κ3) is 2.20. The summed E-state index contributed by atoms with van der Waals surface area (Å²) < 4.78 is 42.5. The van der Waals surface area contributed by atoms with Gasteiger partial charge in [-0.3, -0.25) is 10.00 Å². The van der Waals surface area contributed by atoms with Crippen molar-refractivity contribution in [1.82, 2.24) is 15.1 Å². The van der Waals surface area contributed by atoms with Crippen LogP contribution in [0.5, 0.6) is 0 Å². The monoisotopic (exact) mass is 263 g/mol. The van der Waals surface area contributed by atoms with Crippen molar-refractivity contribution in [3.63, 3.8) is 0 Å². The van der Waals surface area contributed by atoms with E-state index in [2.05, 4.69) is 15.2 Å². The molecule has 8 heteroatoms. The molecule has 100 valence electrons. The number of aryl methyl sites for hydroxylation is 2. The quantitative estimate of drug-likeness (QED) is 0.767. The van der Waals surface area contributed by atoms with E-state index in [-0.39, 0.29) is 0 Å². The summed E-state index contributed by atoms with van der Waals surface area (Å²) >= 11 is 0. The van der Waals surface area contributed by atoms with Gasteiger partial charge >= 0.3 is 12.1 Å². The Kier molecular flexibility index (Phi) is 3.05. The maximum Gasteiger partial charge on any atom is 0.490 e. The van der Waals surface area contributed by atoms with Crippen LogP contribution in [-0.4, -0.2) is 28.5 Å². The minimum Gasteiger partial charge on any atom is -0.435 e. The van der Waals surface area contributed by atoms with Gasteiger partial charge in [0.15, 0.2) is 6.23 Å². The first-order chi connectivity index (χ1) is 8.30. The zero-order chi connectivity index (χ0) is 13.5. The summed E-state index contributed by atoms with van der Waals surface area (Å²) in [6.45, 7) is 2.10. The highest BCUT2D eigenvalue weighted by Gasteiger charge is 2.43. The number of nitrogens with one attached hydrogen (secondary N) is 1. The minimum absolute atomic E-state index is 0.432. The van der Waals surface area contributed by atoms with Crippen molar-refractivity contribution in [2.24, 2.45) is 7.05 Å². The van der Waals surface area contributed by atoms with Crippen molar-refractivity contribution in [3.05, 3.63) is 17.0 Å². The van der Waals surface area contributed by atoms with Crippen LogP contribution < -0.4 is 5.32 Å². The molecule has 0 aromatic carbocycles. The number of hydrogen-bond acceptors (Lipinski definition) is 4. The molecule has 0 fully saturated rings. The van der Waals surface area contributed by atoms with Crippen molar-refractivity contribution in [2.45, 2.75) is 25.7 Å². The maximum absolute atomic E-state index is 12.2. The molecule has 1 aliphatic heterocycles. The normalized spacial score (nSPS) is 19.5. The molecule has 1 aromatic rings. The highest BCUT2D eigenvalue weighted by Crippen LogP contribution is 2.29. The molecule has 1 unspecified atom stereocenters. The van der Waals surface area contributed by atoms with Crippen LogP contribution in [0.2, 0.25) is 0 Å². The minimum atomic E-state index is -4.99. The molecule has 0 spiro atoms. The molecule has 0 saturated heterocycles. The van der Waals surface area contributed by atoms with Crippen LogP contribution in [0.3, 0.4) is 0 Å². The van der Waals surface area contributed by atoms with Crippen LogP contribution in [0.25, 0.3) is 0 Å². The molecule has 2 heterocycles. The zero-order valence-corrected chi connectivity index (χ0v) is 9.84. The highest BCUT2D eigenvalue weighted by atomic mass is 19.4. The average molecular weight is 263 g/mol. The number of alkyl halides is 3. The van der Waals surface area contributed by atoms with Crippen molar-refractivity contribution in [3.8, 4) is 0 Å². The van der Waals surface area contributed by atoms with E-state index in [0.717, 1.165) is 5.69 Å². The van der Waals surface area contributed by atoms with Gasteiger partial charge in [-0.15, -0.1) is 0 Å². The van der Waals surface area contributed by atoms with Crippen molar-refractivity contribution in [1.29, 1.82) is 0 Å². The lowest BCUT2D eigenvalue weighted by molar-refractivity contribution is -0.207. The number of rotatable bonds is 1. The summed E-state index contributed by atoms with van der Waals surface area (Å²) in [5.74, 6) is -2.20. The van der Waals surface area contributed by atoms with E-state index >= 15 is 0 Å². The Balaban J connectivity index is 2.26. The molecule has 0 aliphatic carbocycles. The van der Waals surface area contributed by atoms with Crippen LogP contribution in [0.1, 0.15) is 23.2 Å². The first kappa shape index (κ1) is 12.9. The molecule has 1 atom stereocenters. The zero-order valence-electron chi connectivity index (χ0n) is 9.84. The largest absolute Gasteiger partial charge is 0.490 e. The highest BCUT2D eigenvalue weighted by molar-refractivity contribution is 5.76. The van der Waals surface area contributed by atoms with Crippen LogP contribution in [0.4, 0.5) is 13.2 Å². The summed E-state index contributed by atoms with van der Waals surface area (Å²) in [5.41, 5.74) is 1.85. The number of hydrogen-bond donors (Lipinski definition) is 1. The lowest BCUT2D eigenvalue weighted by Crippen LogP contribution is -2.37. The van der Waals surface area contributed by atoms with Crippen molar-refractivity contribution < 1.29 is 22.7 Å². The Morgan fingerprint density at radius 2 is 2.22 bits per heavy atom. The van der Waals surface area contributed by atoms with Gasteiger partial charge in [0, 0.05) is 25.7 Å². The summed E-state index contributed by atoms with van der Waals surface area (Å²) in [6, 6.07) is 0. The standard InChI is InChI=1S/C10H12F3N3O2/c1-5-7-6(16(2)15-5)3-4-14-8(7)18-9(17)10(11,12)13/h8,14H,3-4H2,1-2H3. The van der Waals surface area contributed by atoms with E-state index in [4.69, 9.17) is 0 Å². The molecule has 0 radical (unpaired) electrons. The number of carbonyl (C=O) groups excluding carboxylic acids is 1. The van der Waals surface area contributed by atoms with Crippen LogP contribution in [0, 0.1) is 6.92 Å². The second-order valence-electron chi connectivity index (χ2n) is 4.06. The van der Waals surface area contributed by atoms with Gasteiger partial charge in [0.1, 0.15) is 0 Å². The van der Waals surface area contributed by atoms with Gasteiger partial charge in [0.25, 0.3) is 0 Å². The first-order valence-corrected chi connectivity index (χ1v) is 5.34. The smallest absolute Gasteiger partial charge is 0.435 e. The number of carbonyl (C=O) groups is 1. The van der Waals surface area contributed by atoms with Gasteiger partial charge in [-0.1, -0.05) is 0 Å². The Hall–Kier alpha value is -1.57. The van der Waals surface area contributed by atoms with Gasteiger partial charge in [-0.2, -0.15) is 18.3 Å². The predicted octanol–water partition coefficient (Wildman–Crippen LogP) is 0.978. The second-order valence-corrected chi connectivity index (χ2v) is 4.06. The third-order valence-corrected chi connectivity index (χ3v) is 2.80. The van der Waals surface area contributed by atoms with E-state index in [1.54, 1.807) is 18.7 Å². The Labute approximate surface area is 101 Å². The molecule has 1 aromatic heterocycles. The molecule has 18 heavy (non-hydrogen) atoms. The summed E-state index contributed by atoms with van der Waals surface area (Å²) in [6.07, 6.45) is -5.45. The summed E-state index contributed by atoms with van der Waals surface area (Å²) in [7, 11) is 1.71. The lowest BCUT2D eigenvalue weighted by atomic mass is 10.1. The van der Waals surface area contributed by atoms with E-state index in [9.17, 15) is 18.0 Å². The fourth-order valence-corrected chi connectivity index (χ4v) is 2.06. The first-order valence-electron chi connectivity index (χ1n) is 5.34. The fraction of sp³-hybridized carbons (Fsp3) is 0.600. The molecular formula is C10H12F3N3O2. The Morgan fingerprint density at radius 1 is 1.56 bits per heavy atom. The topological polar surface area (TPSA) is 56.2 Å². The van der Waals surface area contributed by atoms with E-state index in [1.165, 1.54) is 0 Å². The van der Waals surface area contributed by atoms with E-state index in [0.29, 0.717) is 24.2 Å². The fourth-order valence-electron chi connectivity index (χ4n) is 2.06. The summed E-state index contributed by atoms with van der Waals surface area (Å²) in [5, 5.41) is 6.85. The molecule has 0 saturated carbocycles. The molecule has 2 rings (SSSR count). The number of aromatic nitrogens is 2. The molecule has 1 N–H and O–H groups in total. The lowest BCUT2D eigenvalue weighted by Gasteiger charge is -2.25. The average Bonchev–Trinajstić information content (AvgIpc) is 2.54. The maximum atomic E-state index is 12.2. The van der Waals surface area contributed by atoms with E-state index in [1.807, 2.05) is 0 Å². The van der Waals surface area contributed by atoms with Gasteiger partial charge < -0.3 is 4.74 Å².